The van der Waals surface area contributed by atoms with Crippen molar-refractivity contribution in [3.05, 3.63) is 47.0 Å². The second kappa shape index (κ2) is 8.94. The van der Waals surface area contributed by atoms with Crippen LogP contribution in [0.3, 0.4) is 0 Å². The van der Waals surface area contributed by atoms with Crippen molar-refractivity contribution >= 4 is 17.7 Å². The van der Waals surface area contributed by atoms with Crippen molar-refractivity contribution in [2.75, 3.05) is 6.61 Å². The van der Waals surface area contributed by atoms with Crippen LogP contribution < -0.4 is 0 Å². The molecule has 0 unspecified atom stereocenters. The van der Waals surface area contributed by atoms with Crippen molar-refractivity contribution in [1.82, 2.24) is 0 Å². The number of hydrogen-bond acceptors (Lipinski definition) is 10. The lowest BCUT2D eigenvalue weighted by Crippen LogP contribution is -2.81. The van der Waals surface area contributed by atoms with E-state index in [4.69, 9.17) is 14.2 Å². The van der Waals surface area contributed by atoms with Gasteiger partial charge in [-0.25, -0.2) is 4.79 Å². The van der Waals surface area contributed by atoms with Crippen molar-refractivity contribution in [3.8, 4) is 0 Å². The van der Waals surface area contributed by atoms with Crippen LogP contribution >= 0.6 is 0 Å². The van der Waals surface area contributed by atoms with Crippen LogP contribution in [0.15, 0.2) is 41.5 Å². The second-order valence-electron chi connectivity index (χ2n) is 12.2. The van der Waals surface area contributed by atoms with Gasteiger partial charge in [-0.1, -0.05) is 32.0 Å². The van der Waals surface area contributed by atoms with Crippen LogP contribution in [0.5, 0.6) is 0 Å². The topological polar surface area (TPSA) is 160 Å². The fraction of sp³-hybridized carbons (Fsp3) is 0.621. The third kappa shape index (κ3) is 3.62. The van der Waals surface area contributed by atoms with E-state index in [2.05, 4.69) is 0 Å². The predicted molar refractivity (Wildman–Crippen MR) is 135 cm³/mol. The van der Waals surface area contributed by atoms with Gasteiger partial charge in [0.05, 0.1) is 35.7 Å². The molecule has 212 valence electrons. The summed E-state index contributed by atoms with van der Waals surface area (Å²) in [7, 11) is 0. The zero-order valence-corrected chi connectivity index (χ0v) is 22.7. The van der Waals surface area contributed by atoms with E-state index >= 15 is 0 Å². The molecule has 0 radical (unpaired) electrons. The molecule has 2 saturated carbocycles. The molecule has 2 bridgehead atoms. The molecule has 3 aliphatic carbocycles. The summed E-state index contributed by atoms with van der Waals surface area (Å²) in [5.41, 5.74) is -6.24. The Kier molecular flexibility index (Phi) is 6.40. The van der Waals surface area contributed by atoms with Crippen LogP contribution in [-0.4, -0.2) is 86.5 Å². The number of benzene rings is 1. The van der Waals surface area contributed by atoms with E-state index in [9.17, 15) is 34.8 Å². The van der Waals surface area contributed by atoms with E-state index in [-0.39, 0.29) is 30.6 Å². The molecular formula is C29H36O10. The third-order valence-corrected chi connectivity index (χ3v) is 9.95. The van der Waals surface area contributed by atoms with Gasteiger partial charge in [0.25, 0.3) is 0 Å². The molecule has 5 rings (SSSR count). The SMILES string of the molecule is CC(=O)O[C@@]12CO[C@@H]1C[C@@H](O)[C@@]1(C)C(=O)[C@H](O)C3=C(C)[C@@H](O)C[C@@](O)([C@@H](OC(=O)c4ccccc4)[C@H]21)C3(C)C. The Labute approximate surface area is 226 Å². The maximum atomic E-state index is 14.3. The van der Waals surface area contributed by atoms with E-state index in [0.29, 0.717) is 5.57 Å². The van der Waals surface area contributed by atoms with Crippen LogP contribution in [-0.2, 0) is 23.8 Å². The first-order valence-corrected chi connectivity index (χ1v) is 13.2. The standard InChI is InChI=1S/C29H36O10/c1-14-17(31)12-29(36)24(38-25(35)16-9-7-6-8-10-16)22-27(5,23(34)21(33)20(14)26(29,3)4)18(32)11-19-28(22,13-37-19)39-15(2)30/h6-10,17-19,21-22,24,31-33,36H,11-13H2,1-5H3/t17-,18+,19+,21+,22-,24-,27+,28-,29+/m0/s1. The maximum absolute atomic E-state index is 14.3. The predicted octanol–water partition coefficient (Wildman–Crippen LogP) is 1.08. The average Bonchev–Trinajstić information content (AvgIpc) is 2.87. The van der Waals surface area contributed by atoms with Gasteiger partial charge in [0.2, 0.25) is 0 Å². The smallest absolute Gasteiger partial charge is 0.338 e. The highest BCUT2D eigenvalue weighted by molar-refractivity contribution is 5.94. The van der Waals surface area contributed by atoms with Gasteiger partial charge in [-0.05, 0) is 37.1 Å². The molecule has 1 aliphatic heterocycles. The first-order chi connectivity index (χ1) is 18.1. The Morgan fingerprint density at radius 3 is 2.28 bits per heavy atom. The number of rotatable bonds is 3. The van der Waals surface area contributed by atoms with Crippen LogP contribution in [0.2, 0.25) is 0 Å². The number of aliphatic hydroxyl groups excluding tert-OH is 3. The second-order valence-corrected chi connectivity index (χ2v) is 12.2. The molecule has 3 fully saturated rings. The lowest BCUT2D eigenvalue weighted by Gasteiger charge is -2.67. The van der Waals surface area contributed by atoms with E-state index in [1.807, 2.05) is 0 Å². The molecule has 10 heteroatoms. The van der Waals surface area contributed by atoms with Crippen LogP contribution in [0.1, 0.15) is 57.8 Å². The number of hydrogen-bond donors (Lipinski definition) is 4. The van der Waals surface area contributed by atoms with E-state index < -0.39 is 76.2 Å². The summed E-state index contributed by atoms with van der Waals surface area (Å²) in [6, 6.07) is 8.08. The monoisotopic (exact) mass is 544 g/mol. The molecular weight excluding hydrogens is 508 g/mol. The van der Waals surface area contributed by atoms with Crippen molar-refractivity contribution < 1.29 is 49.0 Å². The average molecular weight is 545 g/mol. The van der Waals surface area contributed by atoms with Crippen LogP contribution in [0, 0.1) is 16.7 Å². The lowest BCUT2D eigenvalue weighted by molar-refractivity contribution is -0.345. The highest BCUT2D eigenvalue weighted by Crippen LogP contribution is 2.63. The minimum atomic E-state index is -2.07. The Morgan fingerprint density at radius 2 is 1.72 bits per heavy atom. The van der Waals surface area contributed by atoms with Crippen molar-refractivity contribution in [1.29, 1.82) is 0 Å². The van der Waals surface area contributed by atoms with Gasteiger partial charge in [-0.15, -0.1) is 0 Å². The summed E-state index contributed by atoms with van der Waals surface area (Å²) in [6.07, 6.45) is -7.26. The summed E-state index contributed by atoms with van der Waals surface area (Å²) >= 11 is 0. The summed E-state index contributed by atoms with van der Waals surface area (Å²) < 4.78 is 17.7. The van der Waals surface area contributed by atoms with Gasteiger partial charge in [0.1, 0.15) is 23.9 Å². The third-order valence-electron chi connectivity index (χ3n) is 9.95. The molecule has 0 spiro atoms. The minimum Gasteiger partial charge on any atom is -0.455 e. The largest absolute Gasteiger partial charge is 0.455 e. The molecule has 1 saturated heterocycles. The lowest BCUT2D eigenvalue weighted by atomic mass is 9.44. The summed E-state index contributed by atoms with van der Waals surface area (Å²) in [5, 5.41) is 46.7. The number of aliphatic hydroxyl groups is 4. The number of esters is 2. The molecule has 9 atom stereocenters. The Hall–Kier alpha value is -2.63. The van der Waals surface area contributed by atoms with Crippen molar-refractivity contribution in [2.45, 2.75) is 89.2 Å². The van der Waals surface area contributed by atoms with Gasteiger partial charge < -0.3 is 34.6 Å². The minimum absolute atomic E-state index is 0.0828. The molecule has 1 heterocycles. The molecule has 10 nitrogen and oxygen atoms in total. The molecule has 39 heavy (non-hydrogen) atoms. The van der Waals surface area contributed by atoms with E-state index in [0.717, 1.165) is 0 Å². The molecule has 0 amide bonds. The van der Waals surface area contributed by atoms with Gasteiger partial charge in [-0.2, -0.15) is 0 Å². The van der Waals surface area contributed by atoms with Gasteiger partial charge in [-0.3, -0.25) is 9.59 Å². The number of Topliss-reactive ketones (excluding diaryl/α,β-unsaturated/α-hetero) is 1. The molecule has 0 aromatic heterocycles. The fourth-order valence-corrected chi connectivity index (χ4v) is 7.66. The van der Waals surface area contributed by atoms with Gasteiger partial charge in [0.15, 0.2) is 11.4 Å². The number of fused-ring (bicyclic) bond motifs is 5. The zero-order chi connectivity index (χ0) is 28.7. The summed E-state index contributed by atoms with van der Waals surface area (Å²) in [6.45, 7) is 7.29. The van der Waals surface area contributed by atoms with Gasteiger partial charge >= 0.3 is 11.9 Å². The van der Waals surface area contributed by atoms with Crippen molar-refractivity contribution in [2.24, 2.45) is 16.7 Å². The number of carbonyl (C=O) groups is 3. The summed E-state index contributed by atoms with van der Waals surface area (Å²) in [5.74, 6) is -3.60. The van der Waals surface area contributed by atoms with Crippen LogP contribution in [0.4, 0.5) is 0 Å². The van der Waals surface area contributed by atoms with E-state index in [1.54, 1.807) is 39.0 Å². The Bertz CT molecular complexity index is 1240. The summed E-state index contributed by atoms with van der Waals surface area (Å²) in [4.78, 5) is 40.3. The molecule has 4 aliphatic rings. The fourth-order valence-electron chi connectivity index (χ4n) is 7.66. The normalized spacial score (nSPS) is 42.7. The number of ketones is 1. The molecule has 1 aromatic carbocycles. The number of ether oxygens (including phenoxy) is 3. The molecule has 1 aromatic rings. The quantitative estimate of drug-likeness (QED) is 0.320. The molecule has 4 N–H and O–H groups in total. The van der Waals surface area contributed by atoms with Crippen molar-refractivity contribution in [3.63, 3.8) is 0 Å². The van der Waals surface area contributed by atoms with Gasteiger partial charge in [0, 0.05) is 25.2 Å². The maximum Gasteiger partial charge on any atom is 0.338 e. The Morgan fingerprint density at radius 1 is 1.08 bits per heavy atom. The first-order valence-electron chi connectivity index (χ1n) is 13.2. The first kappa shape index (κ1) is 27.9. The highest BCUT2D eigenvalue weighted by Gasteiger charge is 2.77. The van der Waals surface area contributed by atoms with E-state index in [1.165, 1.54) is 26.0 Å². The Balaban J connectivity index is 1.81. The number of carbonyl (C=O) groups excluding carboxylic acids is 3. The highest BCUT2D eigenvalue weighted by atomic mass is 16.6. The van der Waals surface area contributed by atoms with Crippen LogP contribution in [0.25, 0.3) is 0 Å². The zero-order valence-electron chi connectivity index (χ0n) is 22.7.